The number of aldehydes is 1. The summed E-state index contributed by atoms with van der Waals surface area (Å²) < 4.78 is 1.69. The average Bonchev–Trinajstić information content (AvgIpc) is 3.01. The minimum atomic E-state index is -1.01. The van der Waals surface area contributed by atoms with Crippen molar-refractivity contribution >= 4 is 29.9 Å². The van der Waals surface area contributed by atoms with E-state index in [1.165, 1.54) is 0 Å². The summed E-state index contributed by atoms with van der Waals surface area (Å²) in [4.78, 5) is 27.5. The van der Waals surface area contributed by atoms with Crippen molar-refractivity contribution in [3.8, 4) is 11.1 Å². The van der Waals surface area contributed by atoms with Crippen molar-refractivity contribution in [2.75, 3.05) is 0 Å². The fourth-order valence-electron chi connectivity index (χ4n) is 3.00. The third-order valence-electron chi connectivity index (χ3n) is 4.35. The number of carboxylic acid groups (broad SMARTS) is 1. The lowest BCUT2D eigenvalue weighted by Crippen LogP contribution is -2.08. The van der Waals surface area contributed by atoms with Crippen LogP contribution in [0.4, 0.5) is 0 Å². The van der Waals surface area contributed by atoms with Crippen LogP contribution in [0.25, 0.3) is 17.2 Å². The van der Waals surface area contributed by atoms with Crippen LogP contribution in [0.1, 0.15) is 45.6 Å². The van der Waals surface area contributed by atoms with Gasteiger partial charge in [0.05, 0.1) is 5.56 Å². The molecule has 0 amide bonds. The molecule has 0 bridgehead atoms. The number of carboxylic acids is 1. The molecule has 1 heterocycles. The molecule has 5 nitrogen and oxygen atoms in total. The Hall–Kier alpha value is -3.18. The Bertz CT molecular complexity index is 1040. The number of nitrogens with zero attached hydrogens (tertiary/aromatic N) is 2. The van der Waals surface area contributed by atoms with Crippen molar-refractivity contribution in [1.29, 1.82) is 0 Å². The van der Waals surface area contributed by atoms with Crippen LogP contribution < -0.4 is 0 Å². The molecule has 2 aromatic carbocycles. The lowest BCUT2D eigenvalue weighted by atomic mass is 9.97. The van der Waals surface area contributed by atoms with Crippen LogP contribution in [0.2, 0.25) is 5.15 Å². The van der Waals surface area contributed by atoms with Crippen LogP contribution in [0.5, 0.6) is 0 Å². The molecule has 0 aliphatic carbocycles. The predicted octanol–water partition coefficient (Wildman–Crippen LogP) is 5.19. The Morgan fingerprint density at radius 2 is 1.96 bits per heavy atom. The first-order chi connectivity index (χ1) is 13.5. The normalized spacial score (nSPS) is 11.1. The Labute approximate surface area is 167 Å². The second-order valence-electron chi connectivity index (χ2n) is 6.21. The first kappa shape index (κ1) is 19.6. The van der Waals surface area contributed by atoms with Gasteiger partial charge in [-0.2, -0.15) is 0 Å². The van der Waals surface area contributed by atoms with Gasteiger partial charge in [-0.3, -0.25) is 4.79 Å². The monoisotopic (exact) mass is 394 g/mol. The number of carbonyl (C=O) groups excluding carboxylic acids is 1. The van der Waals surface area contributed by atoms with Crippen LogP contribution in [0, 0.1) is 0 Å². The minimum Gasteiger partial charge on any atom is -0.478 e. The van der Waals surface area contributed by atoms with E-state index in [9.17, 15) is 14.7 Å². The fraction of sp³-hybridized carbons (Fsp3) is 0.136. The second kappa shape index (κ2) is 8.67. The van der Waals surface area contributed by atoms with E-state index >= 15 is 0 Å². The van der Waals surface area contributed by atoms with Gasteiger partial charge in [-0.05, 0) is 35.3 Å². The molecule has 1 N–H and O–H groups in total. The second-order valence-corrected chi connectivity index (χ2v) is 6.57. The van der Waals surface area contributed by atoms with Crippen molar-refractivity contribution in [3.63, 3.8) is 0 Å². The predicted molar refractivity (Wildman–Crippen MR) is 110 cm³/mol. The summed E-state index contributed by atoms with van der Waals surface area (Å²) in [7, 11) is 0. The third-order valence-corrected chi connectivity index (χ3v) is 4.62. The highest BCUT2D eigenvalue weighted by molar-refractivity contribution is 6.31. The van der Waals surface area contributed by atoms with E-state index in [1.54, 1.807) is 22.8 Å². The van der Waals surface area contributed by atoms with Gasteiger partial charge in [0, 0.05) is 6.54 Å². The molecule has 0 atom stereocenters. The van der Waals surface area contributed by atoms with Crippen LogP contribution >= 0.6 is 11.6 Å². The molecule has 0 radical (unpaired) electrons. The van der Waals surface area contributed by atoms with E-state index < -0.39 is 5.97 Å². The average molecular weight is 395 g/mol. The summed E-state index contributed by atoms with van der Waals surface area (Å²) >= 11 is 6.09. The lowest BCUT2D eigenvalue weighted by molar-refractivity contribution is 0.0697. The van der Waals surface area contributed by atoms with Gasteiger partial charge in [0.2, 0.25) is 0 Å². The molecule has 0 aliphatic heterocycles. The Kier molecular flexibility index (Phi) is 6.06. The molecular weight excluding hydrogens is 376 g/mol. The quantitative estimate of drug-likeness (QED) is 0.560. The van der Waals surface area contributed by atoms with Crippen molar-refractivity contribution in [1.82, 2.24) is 9.55 Å². The number of rotatable bonds is 7. The number of imidazole rings is 1. The van der Waals surface area contributed by atoms with E-state index in [-0.39, 0.29) is 23.0 Å². The van der Waals surface area contributed by atoms with Crippen LogP contribution in [0.3, 0.4) is 0 Å². The molecule has 3 aromatic rings. The summed E-state index contributed by atoms with van der Waals surface area (Å²) in [5.74, 6) is -0.455. The van der Waals surface area contributed by atoms with Crippen molar-refractivity contribution in [2.45, 2.75) is 19.9 Å². The third kappa shape index (κ3) is 4.05. The van der Waals surface area contributed by atoms with E-state index in [0.29, 0.717) is 17.7 Å². The van der Waals surface area contributed by atoms with Crippen LogP contribution in [-0.2, 0) is 6.54 Å². The Morgan fingerprint density at radius 3 is 2.61 bits per heavy atom. The highest BCUT2D eigenvalue weighted by atomic mass is 35.5. The van der Waals surface area contributed by atoms with E-state index in [4.69, 9.17) is 11.6 Å². The van der Waals surface area contributed by atoms with E-state index in [0.717, 1.165) is 17.5 Å². The number of allylic oxidation sites excluding steroid dienone is 1. The maximum absolute atomic E-state index is 11.8. The van der Waals surface area contributed by atoms with Crippen molar-refractivity contribution in [3.05, 3.63) is 82.4 Å². The molecular formula is C22H19ClN2O3. The number of hydrogen-bond acceptors (Lipinski definition) is 3. The van der Waals surface area contributed by atoms with Gasteiger partial charge in [0.25, 0.3) is 0 Å². The highest BCUT2D eigenvalue weighted by Crippen LogP contribution is 2.26. The first-order valence-electron chi connectivity index (χ1n) is 8.84. The zero-order valence-corrected chi connectivity index (χ0v) is 16.1. The SMILES string of the molecule is CCC=Cc1nc(Cl)c(C=O)n1Cc1ccc(-c2ccccc2)c(C(=O)O)c1. The molecule has 28 heavy (non-hydrogen) atoms. The van der Waals surface area contributed by atoms with Crippen LogP contribution in [0.15, 0.2) is 54.6 Å². The smallest absolute Gasteiger partial charge is 0.336 e. The summed E-state index contributed by atoms with van der Waals surface area (Å²) in [5, 5.41) is 9.82. The van der Waals surface area contributed by atoms with Gasteiger partial charge in [0.15, 0.2) is 11.4 Å². The van der Waals surface area contributed by atoms with Gasteiger partial charge in [-0.1, -0.05) is 67.1 Å². The zero-order chi connectivity index (χ0) is 20.1. The van der Waals surface area contributed by atoms with Gasteiger partial charge in [-0.25, -0.2) is 9.78 Å². The molecule has 0 fully saturated rings. The number of halogens is 1. The number of hydrogen-bond donors (Lipinski definition) is 1. The molecule has 1 aromatic heterocycles. The van der Waals surface area contributed by atoms with Gasteiger partial charge < -0.3 is 9.67 Å². The number of aromatic nitrogens is 2. The maximum Gasteiger partial charge on any atom is 0.336 e. The Morgan fingerprint density at radius 1 is 1.21 bits per heavy atom. The standard InChI is InChI=1S/C22H19ClN2O3/c1-2-3-9-20-24-21(23)19(14-26)25(20)13-15-10-11-17(18(12-15)22(27)28)16-7-5-4-6-8-16/h3-12,14H,2,13H2,1H3,(H,27,28). The topological polar surface area (TPSA) is 72.2 Å². The van der Waals surface area contributed by atoms with Crippen molar-refractivity contribution < 1.29 is 14.7 Å². The fourth-order valence-corrected chi connectivity index (χ4v) is 3.23. The first-order valence-corrected chi connectivity index (χ1v) is 9.22. The van der Waals surface area contributed by atoms with Crippen molar-refractivity contribution in [2.24, 2.45) is 0 Å². The largest absolute Gasteiger partial charge is 0.478 e. The van der Waals surface area contributed by atoms with Crippen LogP contribution in [-0.4, -0.2) is 26.9 Å². The zero-order valence-electron chi connectivity index (χ0n) is 15.3. The minimum absolute atomic E-state index is 0.130. The maximum atomic E-state index is 11.8. The number of carbonyl (C=O) groups is 2. The van der Waals surface area contributed by atoms with Gasteiger partial charge >= 0.3 is 5.97 Å². The molecule has 3 rings (SSSR count). The van der Waals surface area contributed by atoms with E-state index in [1.807, 2.05) is 49.4 Å². The Balaban J connectivity index is 2.05. The number of benzene rings is 2. The molecule has 0 saturated carbocycles. The van der Waals surface area contributed by atoms with Gasteiger partial charge in [0.1, 0.15) is 11.5 Å². The molecule has 0 unspecified atom stereocenters. The van der Waals surface area contributed by atoms with E-state index in [2.05, 4.69) is 4.98 Å². The molecule has 6 heteroatoms. The summed E-state index contributed by atoms with van der Waals surface area (Å²) in [6.07, 6.45) is 5.20. The summed E-state index contributed by atoms with van der Waals surface area (Å²) in [5.41, 5.74) is 2.68. The lowest BCUT2D eigenvalue weighted by Gasteiger charge is -2.12. The molecule has 0 aliphatic rings. The summed E-state index contributed by atoms with van der Waals surface area (Å²) in [6, 6.07) is 14.6. The van der Waals surface area contributed by atoms with Gasteiger partial charge in [-0.15, -0.1) is 0 Å². The number of aromatic carboxylic acids is 1. The molecule has 0 saturated heterocycles. The highest BCUT2D eigenvalue weighted by Gasteiger charge is 2.16. The molecule has 142 valence electrons. The molecule has 0 spiro atoms. The summed E-state index contributed by atoms with van der Waals surface area (Å²) in [6.45, 7) is 2.28.